The first-order valence-electron chi connectivity index (χ1n) is 9.12. The molecule has 0 spiro atoms. The summed E-state index contributed by atoms with van der Waals surface area (Å²) in [5.74, 6) is -1.07. The quantitative estimate of drug-likeness (QED) is 0.565. The largest absolute Gasteiger partial charge is 0.482 e. The van der Waals surface area contributed by atoms with Crippen LogP contribution in [0.1, 0.15) is 39.4 Å². The Bertz CT molecular complexity index is 957. The van der Waals surface area contributed by atoms with Gasteiger partial charge in [-0.15, -0.1) is 11.3 Å². The maximum Gasteiger partial charge on any atom is 0.341 e. The van der Waals surface area contributed by atoms with Crippen LogP contribution in [0, 0.1) is 6.92 Å². The third-order valence-corrected chi connectivity index (χ3v) is 6.01. The molecule has 2 aromatic rings. The number of hydrogen-bond acceptors (Lipinski definition) is 6. The van der Waals surface area contributed by atoms with Crippen LogP contribution in [0.4, 0.5) is 5.00 Å². The second-order valence-corrected chi connectivity index (χ2v) is 8.01. The molecule has 10 heteroatoms. The molecule has 1 heterocycles. The molecule has 0 atom stereocenters. The van der Waals surface area contributed by atoms with Crippen molar-refractivity contribution >= 4 is 57.3 Å². The fourth-order valence-corrected chi connectivity index (χ4v) is 4.35. The molecular weight excluding hydrogens is 451 g/mol. The van der Waals surface area contributed by atoms with Gasteiger partial charge in [-0.05, 0) is 44.5 Å². The zero-order valence-corrected chi connectivity index (χ0v) is 19.3. The first kappa shape index (κ1) is 24.0. The Hall–Kier alpha value is -2.29. The highest BCUT2D eigenvalue weighted by atomic mass is 35.5. The first-order chi connectivity index (χ1) is 14.2. The van der Waals surface area contributed by atoms with Gasteiger partial charge in [-0.25, -0.2) is 4.79 Å². The van der Waals surface area contributed by atoms with Crippen molar-refractivity contribution in [2.45, 2.75) is 20.8 Å². The smallest absolute Gasteiger partial charge is 0.341 e. The van der Waals surface area contributed by atoms with Crippen molar-refractivity contribution in [3.8, 4) is 5.75 Å². The Balaban J connectivity index is 2.24. The van der Waals surface area contributed by atoms with Gasteiger partial charge in [0.2, 0.25) is 0 Å². The van der Waals surface area contributed by atoms with Gasteiger partial charge in [0, 0.05) is 18.1 Å². The van der Waals surface area contributed by atoms with Gasteiger partial charge >= 0.3 is 5.97 Å². The first-order valence-corrected chi connectivity index (χ1v) is 10.7. The van der Waals surface area contributed by atoms with Crippen LogP contribution in [-0.4, -0.2) is 49.5 Å². The molecule has 0 aliphatic rings. The molecule has 0 radical (unpaired) electrons. The van der Waals surface area contributed by atoms with Crippen LogP contribution in [0.3, 0.4) is 0 Å². The van der Waals surface area contributed by atoms with E-state index in [4.69, 9.17) is 32.7 Å². The monoisotopic (exact) mass is 472 g/mol. The van der Waals surface area contributed by atoms with Gasteiger partial charge < -0.3 is 19.7 Å². The van der Waals surface area contributed by atoms with Gasteiger partial charge in [-0.1, -0.05) is 23.2 Å². The summed E-state index contributed by atoms with van der Waals surface area (Å²) in [4.78, 5) is 39.5. The van der Waals surface area contributed by atoms with Crippen LogP contribution >= 0.6 is 34.5 Å². The number of rotatable bonds is 8. The molecule has 2 amide bonds. The molecular formula is C20H22Cl2N2O5S. The van der Waals surface area contributed by atoms with Gasteiger partial charge in [-0.3, -0.25) is 9.59 Å². The topological polar surface area (TPSA) is 84.9 Å². The molecule has 1 aromatic carbocycles. The van der Waals surface area contributed by atoms with Crippen LogP contribution in [0.5, 0.6) is 5.75 Å². The summed E-state index contributed by atoms with van der Waals surface area (Å²) >= 11 is 12.9. The Kier molecular flexibility index (Phi) is 8.52. The highest BCUT2D eigenvalue weighted by Gasteiger charge is 2.28. The second-order valence-electron chi connectivity index (χ2n) is 6.14. The lowest BCUT2D eigenvalue weighted by atomic mass is 10.1. The van der Waals surface area contributed by atoms with Crippen LogP contribution in [-0.2, 0) is 9.53 Å². The van der Waals surface area contributed by atoms with Crippen molar-refractivity contribution in [2.75, 3.05) is 32.1 Å². The summed E-state index contributed by atoms with van der Waals surface area (Å²) in [5.41, 5.74) is 0.608. The molecule has 0 aliphatic carbocycles. The molecule has 1 N–H and O–H groups in total. The van der Waals surface area contributed by atoms with Gasteiger partial charge in [0.05, 0.1) is 22.6 Å². The van der Waals surface area contributed by atoms with Crippen LogP contribution in [0.25, 0.3) is 0 Å². The van der Waals surface area contributed by atoms with Crippen molar-refractivity contribution in [2.24, 2.45) is 0 Å². The maximum atomic E-state index is 12.8. The summed E-state index contributed by atoms with van der Waals surface area (Å²) in [6.07, 6.45) is 0. The van der Waals surface area contributed by atoms with E-state index in [2.05, 4.69) is 5.32 Å². The van der Waals surface area contributed by atoms with Gasteiger partial charge in [0.25, 0.3) is 11.8 Å². The van der Waals surface area contributed by atoms with E-state index in [9.17, 15) is 14.4 Å². The van der Waals surface area contributed by atoms with E-state index in [1.54, 1.807) is 24.0 Å². The molecule has 2 rings (SSSR count). The zero-order chi connectivity index (χ0) is 22.4. The highest BCUT2D eigenvalue weighted by Crippen LogP contribution is 2.34. The molecule has 0 bridgehead atoms. The Morgan fingerprint density at radius 2 is 1.83 bits per heavy atom. The molecule has 0 unspecified atom stereocenters. The van der Waals surface area contributed by atoms with E-state index in [1.165, 1.54) is 13.2 Å². The summed E-state index contributed by atoms with van der Waals surface area (Å²) in [6.45, 7) is 6.09. The Morgan fingerprint density at radius 3 is 2.40 bits per heavy atom. The fraction of sp³-hybridized carbons (Fsp3) is 0.350. The van der Waals surface area contributed by atoms with E-state index in [1.807, 2.05) is 13.8 Å². The fourth-order valence-electron chi connectivity index (χ4n) is 2.71. The summed E-state index contributed by atoms with van der Waals surface area (Å²) < 4.78 is 10.3. The molecule has 0 aliphatic heterocycles. The van der Waals surface area contributed by atoms with E-state index in [0.29, 0.717) is 34.3 Å². The number of esters is 1. The lowest BCUT2D eigenvalue weighted by Gasteiger charge is -2.17. The number of carbonyl (C=O) groups excluding carboxylic acids is 3. The minimum absolute atomic E-state index is 0.149. The van der Waals surface area contributed by atoms with E-state index < -0.39 is 11.9 Å². The Morgan fingerprint density at radius 1 is 1.17 bits per heavy atom. The molecule has 1 aromatic heterocycles. The minimum Gasteiger partial charge on any atom is -0.482 e. The van der Waals surface area contributed by atoms with Crippen molar-refractivity contribution in [3.63, 3.8) is 0 Å². The summed E-state index contributed by atoms with van der Waals surface area (Å²) in [5, 5.41) is 3.57. The van der Waals surface area contributed by atoms with Crippen molar-refractivity contribution in [3.05, 3.63) is 44.2 Å². The number of nitrogens with one attached hydrogen (secondary N) is 1. The molecule has 30 heavy (non-hydrogen) atoms. The molecule has 162 valence electrons. The molecule has 0 fully saturated rings. The van der Waals surface area contributed by atoms with Crippen LogP contribution in [0.15, 0.2) is 18.2 Å². The minimum atomic E-state index is -0.640. The number of ether oxygens (including phenoxy) is 2. The predicted molar refractivity (Wildman–Crippen MR) is 118 cm³/mol. The number of carbonyl (C=O) groups is 3. The standard InChI is InChI=1S/C20H22Cl2N2O5S/c1-5-24(6-2)19(26)17-11(3)16(20(27)28-4)18(30-17)23-15(25)10-29-14-8-7-12(21)9-13(14)22/h7-9H,5-6,10H2,1-4H3,(H,23,25). The van der Waals surface area contributed by atoms with E-state index in [-0.39, 0.29) is 28.1 Å². The van der Waals surface area contributed by atoms with E-state index in [0.717, 1.165) is 11.3 Å². The Labute approximate surface area is 188 Å². The normalized spacial score (nSPS) is 10.5. The highest BCUT2D eigenvalue weighted by molar-refractivity contribution is 7.18. The number of methoxy groups -OCH3 is 1. The number of amides is 2. The maximum absolute atomic E-state index is 12.8. The lowest BCUT2D eigenvalue weighted by molar-refractivity contribution is -0.118. The molecule has 7 nitrogen and oxygen atoms in total. The van der Waals surface area contributed by atoms with E-state index >= 15 is 0 Å². The molecule has 0 saturated carbocycles. The van der Waals surface area contributed by atoms with Crippen molar-refractivity contribution in [1.29, 1.82) is 0 Å². The van der Waals surface area contributed by atoms with Crippen LogP contribution in [0.2, 0.25) is 10.0 Å². The number of halogens is 2. The second kappa shape index (κ2) is 10.7. The third kappa shape index (κ3) is 5.44. The average molecular weight is 473 g/mol. The van der Waals surface area contributed by atoms with Gasteiger partial charge in [0.1, 0.15) is 10.8 Å². The predicted octanol–water partition coefficient (Wildman–Crippen LogP) is 4.65. The van der Waals surface area contributed by atoms with Gasteiger partial charge in [-0.2, -0.15) is 0 Å². The summed E-state index contributed by atoms with van der Waals surface area (Å²) in [6, 6.07) is 4.64. The average Bonchev–Trinajstić information content (AvgIpc) is 3.03. The number of anilines is 1. The summed E-state index contributed by atoms with van der Waals surface area (Å²) in [7, 11) is 1.24. The zero-order valence-electron chi connectivity index (χ0n) is 17.0. The number of nitrogens with zero attached hydrogens (tertiary/aromatic N) is 1. The number of thiophene rings is 1. The molecule has 0 saturated heterocycles. The SMILES string of the molecule is CCN(CC)C(=O)c1sc(NC(=O)COc2ccc(Cl)cc2Cl)c(C(=O)OC)c1C. The van der Waals surface area contributed by atoms with Crippen molar-refractivity contribution in [1.82, 2.24) is 4.90 Å². The van der Waals surface area contributed by atoms with Crippen LogP contribution < -0.4 is 10.1 Å². The lowest BCUT2D eigenvalue weighted by Crippen LogP contribution is -2.30. The van der Waals surface area contributed by atoms with Gasteiger partial charge in [0.15, 0.2) is 6.61 Å². The van der Waals surface area contributed by atoms with Crippen molar-refractivity contribution < 1.29 is 23.9 Å². The number of hydrogen-bond donors (Lipinski definition) is 1. The third-order valence-electron chi connectivity index (χ3n) is 4.29. The number of benzene rings is 1.